The first-order valence-corrected chi connectivity index (χ1v) is 8.83. The van der Waals surface area contributed by atoms with E-state index in [0.29, 0.717) is 35.1 Å². The van der Waals surface area contributed by atoms with Gasteiger partial charge in [-0.05, 0) is 42.3 Å². The van der Waals surface area contributed by atoms with Crippen LogP contribution in [-0.4, -0.2) is 19.2 Å². The van der Waals surface area contributed by atoms with Gasteiger partial charge in [-0.1, -0.05) is 41.9 Å². The van der Waals surface area contributed by atoms with Crippen molar-refractivity contribution in [3.05, 3.63) is 77.0 Å². The summed E-state index contributed by atoms with van der Waals surface area (Å²) in [5.41, 5.74) is 4.37. The number of hydrogen-bond donors (Lipinski definition) is 1. The Morgan fingerprint density at radius 3 is 2.78 bits per heavy atom. The van der Waals surface area contributed by atoms with Gasteiger partial charge < -0.3 is 9.15 Å². The van der Waals surface area contributed by atoms with E-state index in [-0.39, 0.29) is 5.91 Å². The molecule has 0 spiro atoms. The van der Waals surface area contributed by atoms with Crippen LogP contribution in [0.15, 0.2) is 70.2 Å². The van der Waals surface area contributed by atoms with E-state index in [1.54, 1.807) is 37.4 Å². The van der Waals surface area contributed by atoms with Crippen molar-refractivity contribution in [2.45, 2.75) is 12.8 Å². The molecule has 27 heavy (non-hydrogen) atoms. The lowest BCUT2D eigenvalue weighted by molar-refractivity contribution is -0.121. The highest BCUT2D eigenvalue weighted by molar-refractivity contribution is 6.30. The van der Waals surface area contributed by atoms with Crippen LogP contribution in [0.2, 0.25) is 5.02 Å². The van der Waals surface area contributed by atoms with Crippen molar-refractivity contribution < 1.29 is 13.9 Å². The van der Waals surface area contributed by atoms with Gasteiger partial charge in [0.25, 0.3) is 0 Å². The molecule has 1 amide bonds. The number of amides is 1. The van der Waals surface area contributed by atoms with E-state index in [0.717, 1.165) is 11.1 Å². The molecule has 0 aliphatic rings. The van der Waals surface area contributed by atoms with Crippen molar-refractivity contribution in [2.24, 2.45) is 5.10 Å². The fourth-order valence-corrected chi connectivity index (χ4v) is 2.74. The van der Waals surface area contributed by atoms with E-state index >= 15 is 0 Å². The summed E-state index contributed by atoms with van der Waals surface area (Å²) in [5, 5.41) is 4.53. The summed E-state index contributed by atoms with van der Waals surface area (Å²) in [7, 11) is 1.59. The molecule has 6 heteroatoms. The van der Waals surface area contributed by atoms with Crippen LogP contribution >= 0.6 is 11.6 Å². The minimum atomic E-state index is -0.154. The number of aryl methyl sites for hydroxylation is 1. The van der Waals surface area contributed by atoms with Crippen LogP contribution in [0.4, 0.5) is 0 Å². The van der Waals surface area contributed by atoms with Gasteiger partial charge in [0.1, 0.15) is 17.3 Å². The zero-order valence-corrected chi connectivity index (χ0v) is 15.6. The van der Waals surface area contributed by atoms with Crippen LogP contribution in [0.25, 0.3) is 11.3 Å². The zero-order chi connectivity index (χ0) is 19.1. The Hall–Kier alpha value is -3.05. The Morgan fingerprint density at radius 1 is 1.19 bits per heavy atom. The third-order valence-electron chi connectivity index (χ3n) is 3.92. The normalized spacial score (nSPS) is 10.9. The van der Waals surface area contributed by atoms with Gasteiger partial charge in [-0.3, -0.25) is 4.79 Å². The van der Waals surface area contributed by atoms with E-state index in [2.05, 4.69) is 10.5 Å². The predicted molar refractivity (Wildman–Crippen MR) is 106 cm³/mol. The molecule has 0 radical (unpaired) electrons. The molecule has 0 aliphatic carbocycles. The third kappa shape index (κ3) is 5.21. The third-order valence-corrected chi connectivity index (χ3v) is 4.15. The van der Waals surface area contributed by atoms with Gasteiger partial charge in [0.05, 0.1) is 18.9 Å². The minimum absolute atomic E-state index is 0.154. The molecule has 0 atom stereocenters. The van der Waals surface area contributed by atoms with Gasteiger partial charge in [-0.15, -0.1) is 0 Å². The molecule has 138 valence electrons. The number of rotatable bonds is 7. The average Bonchev–Trinajstić information content (AvgIpc) is 3.16. The molecule has 0 saturated heterocycles. The Bertz CT molecular complexity index is 936. The molecular formula is C21H19ClN2O3. The summed E-state index contributed by atoms with van der Waals surface area (Å²) in [6.45, 7) is 0. The Labute approximate surface area is 162 Å². The van der Waals surface area contributed by atoms with Crippen LogP contribution in [0, 0.1) is 0 Å². The fourth-order valence-electron chi connectivity index (χ4n) is 2.57. The topological polar surface area (TPSA) is 63.8 Å². The number of furan rings is 1. The second-order valence-corrected chi connectivity index (χ2v) is 6.26. The predicted octanol–water partition coefficient (Wildman–Crippen LogP) is 4.69. The highest BCUT2D eigenvalue weighted by atomic mass is 35.5. The molecule has 5 nitrogen and oxygen atoms in total. The lowest BCUT2D eigenvalue weighted by atomic mass is 10.1. The molecule has 0 aliphatic heterocycles. The first-order valence-electron chi connectivity index (χ1n) is 8.45. The maximum absolute atomic E-state index is 11.9. The van der Waals surface area contributed by atoms with Gasteiger partial charge in [0.2, 0.25) is 5.91 Å². The highest BCUT2D eigenvalue weighted by Gasteiger charge is 2.10. The number of hydrogen-bond acceptors (Lipinski definition) is 4. The van der Waals surface area contributed by atoms with E-state index in [1.165, 1.54) is 6.21 Å². The highest BCUT2D eigenvalue weighted by Crippen LogP contribution is 2.33. The van der Waals surface area contributed by atoms with Crippen LogP contribution in [0.5, 0.6) is 5.75 Å². The number of nitrogens with zero attached hydrogens (tertiary/aromatic N) is 1. The Balaban J connectivity index is 1.57. The van der Waals surface area contributed by atoms with Crippen LogP contribution in [0.1, 0.15) is 17.7 Å². The number of carbonyl (C=O) groups is 1. The lowest BCUT2D eigenvalue weighted by Crippen LogP contribution is -2.17. The Morgan fingerprint density at radius 2 is 2.00 bits per heavy atom. The molecule has 2 aromatic carbocycles. The summed E-state index contributed by atoms with van der Waals surface area (Å²) < 4.78 is 11.1. The maximum atomic E-state index is 11.9. The van der Waals surface area contributed by atoms with Crippen molar-refractivity contribution in [3.8, 4) is 17.1 Å². The first-order chi connectivity index (χ1) is 13.2. The maximum Gasteiger partial charge on any atom is 0.240 e. The second kappa shape index (κ2) is 9.05. The second-order valence-electron chi connectivity index (χ2n) is 5.83. The number of halogens is 1. The standard InChI is InChI=1S/C21H19ClN2O3/c1-26-19-10-8-16(22)13-18(19)20-11-9-17(27-20)14-23-24-21(25)12-7-15-5-3-2-4-6-15/h2-6,8-11,13-14H,7,12H2,1H3,(H,24,25)/b23-14-. The lowest BCUT2D eigenvalue weighted by Gasteiger charge is -2.06. The molecule has 0 fully saturated rings. The molecule has 1 heterocycles. The smallest absolute Gasteiger partial charge is 0.240 e. The molecule has 3 rings (SSSR count). The van der Waals surface area contributed by atoms with Crippen LogP contribution in [0.3, 0.4) is 0 Å². The summed E-state index contributed by atoms with van der Waals surface area (Å²) in [6.07, 6.45) is 2.49. The molecule has 1 N–H and O–H groups in total. The monoisotopic (exact) mass is 382 g/mol. The van der Waals surface area contributed by atoms with Crippen LogP contribution in [-0.2, 0) is 11.2 Å². The number of nitrogens with one attached hydrogen (secondary N) is 1. The molecule has 0 saturated carbocycles. The first kappa shape index (κ1) is 18.7. The number of carbonyl (C=O) groups excluding carboxylic acids is 1. The number of methoxy groups -OCH3 is 1. The molecular weight excluding hydrogens is 364 g/mol. The van der Waals surface area contributed by atoms with Crippen molar-refractivity contribution in [1.82, 2.24) is 5.43 Å². The van der Waals surface area contributed by atoms with E-state index in [1.807, 2.05) is 30.3 Å². The number of hydrazone groups is 1. The molecule has 0 bridgehead atoms. The van der Waals surface area contributed by atoms with Crippen molar-refractivity contribution in [1.29, 1.82) is 0 Å². The van der Waals surface area contributed by atoms with E-state index in [9.17, 15) is 4.79 Å². The fraction of sp³-hybridized carbons (Fsp3) is 0.143. The number of ether oxygens (including phenoxy) is 1. The SMILES string of the molecule is COc1ccc(Cl)cc1-c1ccc(/C=N\NC(=O)CCc2ccccc2)o1. The molecule has 1 aromatic heterocycles. The minimum Gasteiger partial charge on any atom is -0.496 e. The largest absolute Gasteiger partial charge is 0.496 e. The summed E-state index contributed by atoms with van der Waals surface area (Å²) in [6, 6.07) is 18.7. The average molecular weight is 383 g/mol. The number of benzene rings is 2. The van der Waals surface area contributed by atoms with Crippen molar-refractivity contribution >= 4 is 23.7 Å². The Kier molecular flexibility index (Phi) is 6.28. The van der Waals surface area contributed by atoms with Gasteiger partial charge in [-0.2, -0.15) is 5.10 Å². The van der Waals surface area contributed by atoms with Crippen molar-refractivity contribution in [3.63, 3.8) is 0 Å². The van der Waals surface area contributed by atoms with Gasteiger partial charge in [-0.25, -0.2) is 5.43 Å². The van der Waals surface area contributed by atoms with Gasteiger partial charge >= 0.3 is 0 Å². The summed E-state index contributed by atoms with van der Waals surface area (Å²) in [5.74, 6) is 1.62. The summed E-state index contributed by atoms with van der Waals surface area (Å²) >= 11 is 6.05. The van der Waals surface area contributed by atoms with Gasteiger partial charge in [0.15, 0.2) is 0 Å². The quantitative estimate of drug-likeness (QED) is 0.476. The zero-order valence-electron chi connectivity index (χ0n) is 14.8. The van der Waals surface area contributed by atoms with E-state index < -0.39 is 0 Å². The van der Waals surface area contributed by atoms with Gasteiger partial charge in [0, 0.05) is 11.4 Å². The van der Waals surface area contributed by atoms with E-state index in [4.69, 9.17) is 20.8 Å². The molecule has 3 aromatic rings. The molecule has 0 unspecified atom stereocenters. The van der Waals surface area contributed by atoms with Crippen LogP contribution < -0.4 is 10.2 Å². The summed E-state index contributed by atoms with van der Waals surface area (Å²) in [4.78, 5) is 11.9. The van der Waals surface area contributed by atoms with Crippen molar-refractivity contribution in [2.75, 3.05) is 7.11 Å².